The predicted octanol–water partition coefficient (Wildman–Crippen LogP) is 1.76. The van der Waals surface area contributed by atoms with Gasteiger partial charge in [-0.15, -0.1) is 0 Å². The zero-order valence-electron chi connectivity index (χ0n) is 14.1. The molecular formula is C18H29N3O2. The molecule has 23 heavy (non-hydrogen) atoms. The van der Waals surface area contributed by atoms with Gasteiger partial charge in [-0.1, -0.05) is 31.7 Å². The fraction of sp³-hybridized carbons (Fsp3) is 0.667. The van der Waals surface area contributed by atoms with Crippen molar-refractivity contribution in [1.29, 1.82) is 0 Å². The fourth-order valence-electron chi connectivity index (χ4n) is 3.05. The highest BCUT2D eigenvalue weighted by Gasteiger charge is 2.27. The smallest absolute Gasteiger partial charge is 0.236 e. The Morgan fingerprint density at radius 1 is 1.30 bits per heavy atom. The average molecular weight is 319 g/mol. The van der Waals surface area contributed by atoms with Gasteiger partial charge in [0.15, 0.2) is 0 Å². The van der Waals surface area contributed by atoms with Gasteiger partial charge >= 0.3 is 0 Å². The summed E-state index contributed by atoms with van der Waals surface area (Å²) in [5.41, 5.74) is 0.358. The molecule has 128 valence electrons. The van der Waals surface area contributed by atoms with Crippen LogP contribution in [0, 0.1) is 0 Å². The molecule has 1 fully saturated rings. The summed E-state index contributed by atoms with van der Waals surface area (Å²) in [6.45, 7) is 1.44. The van der Waals surface area contributed by atoms with Crippen LogP contribution in [0.1, 0.15) is 44.2 Å². The van der Waals surface area contributed by atoms with Crippen LogP contribution >= 0.6 is 0 Å². The largest absolute Gasteiger partial charge is 0.389 e. The highest BCUT2D eigenvalue weighted by Crippen LogP contribution is 2.26. The molecule has 1 aliphatic carbocycles. The van der Waals surface area contributed by atoms with E-state index in [-0.39, 0.29) is 12.5 Å². The topological polar surface area (TPSA) is 65.5 Å². The first-order chi connectivity index (χ1) is 11.1. The maximum absolute atomic E-state index is 12.1. The second-order valence-electron chi connectivity index (χ2n) is 6.63. The Kier molecular flexibility index (Phi) is 6.99. The highest BCUT2D eigenvalue weighted by molar-refractivity contribution is 5.77. The predicted molar refractivity (Wildman–Crippen MR) is 91.1 cm³/mol. The number of aliphatic hydroxyl groups is 1. The number of likely N-dealkylation sites (N-methyl/N-ethyl adjacent to an activating group) is 1. The Labute approximate surface area is 139 Å². The van der Waals surface area contributed by atoms with E-state index in [9.17, 15) is 9.90 Å². The van der Waals surface area contributed by atoms with E-state index < -0.39 is 5.60 Å². The van der Waals surface area contributed by atoms with Crippen LogP contribution in [0.4, 0.5) is 0 Å². The van der Waals surface area contributed by atoms with Crippen LogP contribution in [0.5, 0.6) is 0 Å². The van der Waals surface area contributed by atoms with Crippen molar-refractivity contribution in [3.05, 3.63) is 30.1 Å². The maximum Gasteiger partial charge on any atom is 0.236 e. The number of hydrogen-bond donors (Lipinski definition) is 2. The molecule has 0 unspecified atom stereocenters. The molecule has 1 heterocycles. The lowest BCUT2D eigenvalue weighted by Gasteiger charge is -2.27. The molecule has 0 spiro atoms. The lowest BCUT2D eigenvalue weighted by Crippen LogP contribution is -2.44. The van der Waals surface area contributed by atoms with Gasteiger partial charge in [-0.05, 0) is 25.0 Å². The molecule has 5 nitrogen and oxygen atoms in total. The van der Waals surface area contributed by atoms with Crippen molar-refractivity contribution >= 4 is 5.91 Å². The third kappa shape index (κ3) is 6.28. The Morgan fingerprint density at radius 3 is 2.70 bits per heavy atom. The van der Waals surface area contributed by atoms with E-state index in [1.807, 2.05) is 25.2 Å². The van der Waals surface area contributed by atoms with E-state index in [0.29, 0.717) is 13.1 Å². The van der Waals surface area contributed by atoms with Gasteiger partial charge in [-0.3, -0.25) is 9.78 Å². The van der Waals surface area contributed by atoms with Crippen molar-refractivity contribution in [2.75, 3.05) is 26.7 Å². The van der Waals surface area contributed by atoms with E-state index >= 15 is 0 Å². The zero-order valence-corrected chi connectivity index (χ0v) is 14.1. The van der Waals surface area contributed by atoms with Crippen molar-refractivity contribution in [3.8, 4) is 0 Å². The fourth-order valence-corrected chi connectivity index (χ4v) is 3.05. The van der Waals surface area contributed by atoms with Crippen molar-refractivity contribution in [2.45, 2.75) is 50.5 Å². The number of rotatable bonds is 7. The molecule has 1 saturated carbocycles. The summed E-state index contributed by atoms with van der Waals surface area (Å²) in [6, 6.07) is 5.82. The number of pyridine rings is 1. The SMILES string of the molecule is CN(CCc1ccccn1)C(=O)CNCC1(O)CCCCCC1. The number of nitrogens with zero attached hydrogens (tertiary/aromatic N) is 2. The third-order valence-corrected chi connectivity index (χ3v) is 4.62. The Balaban J connectivity index is 1.67. The first-order valence-electron chi connectivity index (χ1n) is 8.66. The van der Waals surface area contributed by atoms with E-state index in [1.165, 1.54) is 12.8 Å². The highest BCUT2D eigenvalue weighted by atomic mass is 16.3. The number of hydrogen-bond acceptors (Lipinski definition) is 4. The minimum atomic E-state index is -0.636. The molecule has 0 aromatic carbocycles. The number of carbonyl (C=O) groups excluding carboxylic acids is 1. The van der Waals surface area contributed by atoms with Crippen LogP contribution in [0.25, 0.3) is 0 Å². The molecule has 2 N–H and O–H groups in total. The third-order valence-electron chi connectivity index (χ3n) is 4.62. The Morgan fingerprint density at radius 2 is 2.04 bits per heavy atom. The summed E-state index contributed by atoms with van der Waals surface area (Å²) in [6.07, 6.45) is 8.77. The Bertz CT molecular complexity index is 470. The number of aromatic nitrogens is 1. The quantitative estimate of drug-likeness (QED) is 0.752. The van der Waals surface area contributed by atoms with Crippen LogP contribution < -0.4 is 5.32 Å². The summed E-state index contributed by atoms with van der Waals surface area (Å²) in [5, 5.41) is 13.7. The van der Waals surface area contributed by atoms with Crippen LogP contribution in [0.15, 0.2) is 24.4 Å². The van der Waals surface area contributed by atoms with Gasteiger partial charge in [0, 0.05) is 38.4 Å². The van der Waals surface area contributed by atoms with Crippen LogP contribution in [-0.2, 0) is 11.2 Å². The molecule has 1 aromatic heterocycles. The van der Waals surface area contributed by atoms with Gasteiger partial charge in [0.05, 0.1) is 12.1 Å². The number of carbonyl (C=O) groups is 1. The first-order valence-corrected chi connectivity index (χ1v) is 8.66. The molecule has 1 aliphatic rings. The van der Waals surface area contributed by atoms with Crippen molar-refractivity contribution in [1.82, 2.24) is 15.2 Å². The van der Waals surface area contributed by atoms with Crippen LogP contribution in [-0.4, -0.2) is 53.2 Å². The van der Waals surface area contributed by atoms with Gasteiger partial charge < -0.3 is 15.3 Å². The minimum absolute atomic E-state index is 0.0538. The molecule has 0 radical (unpaired) electrons. The van der Waals surface area contributed by atoms with Crippen LogP contribution in [0.3, 0.4) is 0 Å². The summed E-state index contributed by atoms with van der Waals surface area (Å²) in [7, 11) is 1.81. The normalized spacial score (nSPS) is 17.5. The molecule has 0 saturated heterocycles. The summed E-state index contributed by atoms with van der Waals surface area (Å²) >= 11 is 0. The Hall–Kier alpha value is -1.46. The molecule has 1 amide bonds. The van der Waals surface area contributed by atoms with Crippen molar-refractivity contribution in [2.24, 2.45) is 0 Å². The first kappa shape index (κ1) is 17.9. The number of amides is 1. The van der Waals surface area contributed by atoms with Gasteiger partial charge in [-0.25, -0.2) is 0 Å². The molecule has 0 aliphatic heterocycles. The van der Waals surface area contributed by atoms with Crippen molar-refractivity contribution in [3.63, 3.8) is 0 Å². The molecule has 5 heteroatoms. The van der Waals surface area contributed by atoms with Gasteiger partial charge in [0.25, 0.3) is 0 Å². The van der Waals surface area contributed by atoms with Crippen molar-refractivity contribution < 1.29 is 9.90 Å². The van der Waals surface area contributed by atoms with Gasteiger partial charge in [0.2, 0.25) is 5.91 Å². The molecular weight excluding hydrogens is 290 g/mol. The zero-order chi connectivity index (χ0) is 16.5. The minimum Gasteiger partial charge on any atom is -0.389 e. The van der Waals surface area contributed by atoms with Gasteiger partial charge in [0.1, 0.15) is 0 Å². The molecule has 2 rings (SSSR count). The van der Waals surface area contributed by atoms with Crippen LogP contribution in [0.2, 0.25) is 0 Å². The van der Waals surface area contributed by atoms with E-state index in [4.69, 9.17) is 0 Å². The maximum atomic E-state index is 12.1. The van der Waals surface area contributed by atoms with E-state index in [0.717, 1.165) is 37.8 Å². The average Bonchev–Trinajstić information content (AvgIpc) is 2.78. The lowest BCUT2D eigenvalue weighted by molar-refractivity contribution is -0.129. The summed E-state index contributed by atoms with van der Waals surface area (Å²) < 4.78 is 0. The second kappa shape index (κ2) is 8.99. The number of nitrogens with one attached hydrogen (secondary N) is 1. The second-order valence-corrected chi connectivity index (χ2v) is 6.63. The summed E-state index contributed by atoms with van der Waals surface area (Å²) in [5.74, 6) is 0.0538. The molecule has 0 bridgehead atoms. The van der Waals surface area contributed by atoms with Gasteiger partial charge in [-0.2, -0.15) is 0 Å². The molecule has 0 atom stereocenters. The summed E-state index contributed by atoms with van der Waals surface area (Å²) in [4.78, 5) is 18.1. The standard InChI is InChI=1S/C18H29N3O2/c1-21(13-9-16-8-4-7-12-20-16)17(22)14-19-15-18(23)10-5-2-3-6-11-18/h4,7-8,12,19,23H,2-3,5-6,9-11,13-15H2,1H3. The monoisotopic (exact) mass is 319 g/mol. The molecule has 1 aromatic rings. The van der Waals surface area contributed by atoms with E-state index in [1.54, 1.807) is 11.1 Å². The lowest BCUT2D eigenvalue weighted by atomic mass is 9.94. The van der Waals surface area contributed by atoms with E-state index in [2.05, 4.69) is 10.3 Å².